The first-order chi connectivity index (χ1) is 14.4. The third-order valence-corrected chi connectivity index (χ3v) is 5.43. The largest absolute Gasteiger partial charge is 0.493 e. The van der Waals surface area contributed by atoms with E-state index in [0.717, 1.165) is 17.3 Å². The molecule has 2 N–H and O–H groups in total. The molecule has 0 unspecified atom stereocenters. The molecule has 1 amide bonds. The third-order valence-electron chi connectivity index (χ3n) is 3.89. The van der Waals surface area contributed by atoms with Crippen molar-refractivity contribution in [2.75, 3.05) is 13.7 Å². The molecule has 1 heterocycles. The second-order valence-electron chi connectivity index (χ2n) is 6.01. The summed E-state index contributed by atoms with van der Waals surface area (Å²) in [6, 6.07) is 10.4. The molecule has 7 nitrogen and oxygen atoms in total. The fourth-order valence-electron chi connectivity index (χ4n) is 2.48. The van der Waals surface area contributed by atoms with Crippen LogP contribution in [0.4, 0.5) is 0 Å². The number of nitrogens with one attached hydrogen (secondary N) is 1. The van der Waals surface area contributed by atoms with Crippen LogP contribution in [0.2, 0.25) is 10.0 Å². The summed E-state index contributed by atoms with van der Waals surface area (Å²) in [5, 5.41) is 12.5. The molecule has 2 aromatic rings. The van der Waals surface area contributed by atoms with Gasteiger partial charge in [0.25, 0.3) is 5.91 Å². The maximum Gasteiger partial charge on any atom is 0.325 e. The summed E-state index contributed by atoms with van der Waals surface area (Å²) >= 11 is 13.1. The van der Waals surface area contributed by atoms with Crippen molar-refractivity contribution < 1.29 is 24.2 Å². The fourth-order valence-corrected chi connectivity index (χ4v) is 3.76. The lowest BCUT2D eigenvalue weighted by Gasteiger charge is -2.12. The molecule has 156 valence electrons. The van der Waals surface area contributed by atoms with Crippen LogP contribution >= 0.6 is 35.0 Å². The van der Waals surface area contributed by atoms with Crippen LogP contribution in [0.3, 0.4) is 0 Å². The van der Waals surface area contributed by atoms with E-state index in [9.17, 15) is 9.59 Å². The van der Waals surface area contributed by atoms with Gasteiger partial charge in [-0.25, -0.2) is 0 Å². The lowest BCUT2D eigenvalue weighted by atomic mass is 10.2. The van der Waals surface area contributed by atoms with Crippen LogP contribution in [0, 0.1) is 0 Å². The maximum absolute atomic E-state index is 12.1. The average Bonchev–Trinajstić information content (AvgIpc) is 3.05. The van der Waals surface area contributed by atoms with Gasteiger partial charge in [-0.15, -0.1) is 0 Å². The molecule has 0 aromatic heterocycles. The first-order valence-electron chi connectivity index (χ1n) is 8.57. The lowest BCUT2D eigenvalue weighted by molar-refractivity contribution is -0.135. The first kappa shape index (κ1) is 22.0. The number of hydrogen-bond donors (Lipinski definition) is 2. The number of carboxylic acids is 1. The van der Waals surface area contributed by atoms with Crippen LogP contribution in [-0.2, 0) is 16.2 Å². The van der Waals surface area contributed by atoms with Crippen molar-refractivity contribution in [1.82, 2.24) is 5.32 Å². The predicted molar refractivity (Wildman–Crippen MR) is 117 cm³/mol. The summed E-state index contributed by atoms with van der Waals surface area (Å²) in [6.45, 7) is -0.179. The minimum Gasteiger partial charge on any atom is -0.493 e. The van der Waals surface area contributed by atoms with E-state index in [4.69, 9.17) is 37.8 Å². The van der Waals surface area contributed by atoms with Gasteiger partial charge < -0.3 is 19.9 Å². The number of methoxy groups -OCH3 is 1. The van der Waals surface area contributed by atoms with Crippen molar-refractivity contribution in [1.29, 1.82) is 0 Å². The van der Waals surface area contributed by atoms with Gasteiger partial charge in [0.15, 0.2) is 16.7 Å². The molecular weight excluding hydrogens is 451 g/mol. The van der Waals surface area contributed by atoms with Crippen LogP contribution < -0.4 is 14.8 Å². The van der Waals surface area contributed by atoms with Crippen LogP contribution in [0.25, 0.3) is 6.08 Å². The number of amides is 1. The summed E-state index contributed by atoms with van der Waals surface area (Å²) in [4.78, 5) is 26.9. The van der Waals surface area contributed by atoms with Crippen molar-refractivity contribution in [3.8, 4) is 11.5 Å². The summed E-state index contributed by atoms with van der Waals surface area (Å²) in [5.41, 5.74) is 1.49. The van der Waals surface area contributed by atoms with Gasteiger partial charge in [0.05, 0.1) is 12.0 Å². The Morgan fingerprint density at radius 2 is 2.03 bits per heavy atom. The van der Waals surface area contributed by atoms with E-state index in [-0.39, 0.29) is 17.7 Å². The van der Waals surface area contributed by atoms with Gasteiger partial charge in [0, 0.05) is 15.6 Å². The number of rotatable bonds is 7. The van der Waals surface area contributed by atoms with E-state index in [1.54, 1.807) is 42.5 Å². The number of thioether (sulfide) groups is 1. The topological polar surface area (TPSA) is 97.2 Å². The van der Waals surface area contributed by atoms with Crippen molar-refractivity contribution in [2.24, 2.45) is 4.99 Å². The average molecular weight is 467 g/mol. The van der Waals surface area contributed by atoms with E-state index >= 15 is 0 Å². The number of carbonyl (C=O) groups excluding carboxylic acids is 1. The molecule has 0 bridgehead atoms. The Balaban J connectivity index is 1.74. The van der Waals surface area contributed by atoms with Crippen LogP contribution in [0.5, 0.6) is 11.5 Å². The number of halogens is 2. The Morgan fingerprint density at radius 1 is 1.23 bits per heavy atom. The number of ether oxygens (including phenoxy) is 2. The number of nitrogens with zero attached hydrogens (tertiary/aromatic N) is 1. The van der Waals surface area contributed by atoms with Gasteiger partial charge in [0.2, 0.25) is 0 Å². The Labute approximate surface area is 186 Å². The highest BCUT2D eigenvalue weighted by Crippen LogP contribution is 2.32. The van der Waals surface area contributed by atoms with Crippen molar-refractivity contribution in [3.63, 3.8) is 0 Å². The van der Waals surface area contributed by atoms with Gasteiger partial charge in [-0.2, -0.15) is 0 Å². The highest BCUT2D eigenvalue weighted by atomic mass is 35.5. The maximum atomic E-state index is 12.1. The van der Waals surface area contributed by atoms with Crippen LogP contribution in [0.15, 0.2) is 46.3 Å². The quantitative estimate of drug-likeness (QED) is 0.592. The van der Waals surface area contributed by atoms with Crippen molar-refractivity contribution in [3.05, 3.63) is 62.5 Å². The van der Waals surface area contributed by atoms with E-state index < -0.39 is 12.5 Å². The molecule has 1 aliphatic rings. The molecule has 0 radical (unpaired) electrons. The van der Waals surface area contributed by atoms with Gasteiger partial charge in [-0.05, 0) is 47.7 Å². The zero-order chi connectivity index (χ0) is 21.7. The summed E-state index contributed by atoms with van der Waals surface area (Å²) in [6.07, 6.45) is 1.66. The molecule has 1 fully saturated rings. The Hall–Kier alpha value is -2.68. The highest BCUT2D eigenvalue weighted by molar-refractivity contribution is 8.18. The third kappa shape index (κ3) is 5.69. The van der Waals surface area contributed by atoms with Gasteiger partial charge in [0.1, 0.15) is 13.2 Å². The Kier molecular flexibility index (Phi) is 7.25. The molecule has 0 atom stereocenters. The minimum absolute atomic E-state index is 0.231. The molecule has 1 saturated heterocycles. The number of hydrogen-bond acceptors (Lipinski definition) is 6. The minimum atomic E-state index is -1.07. The summed E-state index contributed by atoms with van der Waals surface area (Å²) < 4.78 is 11.2. The molecule has 3 rings (SSSR count). The standard InChI is InChI=1S/C20H16Cl2N2O5S/c1-28-16-6-11(7-17-19(27)24-20(30-17)23-9-18(25)26)2-5-15(16)29-10-12-3-4-13(21)8-14(12)22/h2-8H,9-10H2,1H3,(H,25,26)(H,23,24,27)/b17-7-. The molecule has 2 aromatic carbocycles. The Bertz CT molecular complexity index is 1060. The number of aliphatic imine (C=N–C) groups is 1. The summed E-state index contributed by atoms with van der Waals surface area (Å²) in [7, 11) is 1.52. The van der Waals surface area contributed by atoms with E-state index in [1.807, 2.05) is 0 Å². The molecule has 1 aliphatic heterocycles. The first-order valence-corrected chi connectivity index (χ1v) is 10.1. The highest BCUT2D eigenvalue weighted by Gasteiger charge is 2.24. The molecule has 10 heteroatoms. The van der Waals surface area contributed by atoms with Gasteiger partial charge >= 0.3 is 5.97 Å². The number of benzene rings is 2. The van der Waals surface area contributed by atoms with Crippen molar-refractivity contribution in [2.45, 2.75) is 6.61 Å². The lowest BCUT2D eigenvalue weighted by Crippen LogP contribution is -2.20. The zero-order valence-corrected chi connectivity index (χ0v) is 18.0. The monoisotopic (exact) mass is 466 g/mol. The normalized spacial score (nSPS) is 16.0. The number of carbonyl (C=O) groups is 2. The zero-order valence-electron chi connectivity index (χ0n) is 15.6. The number of carboxylic acid groups (broad SMARTS) is 1. The predicted octanol–water partition coefficient (Wildman–Crippen LogP) is 4.23. The second kappa shape index (κ2) is 9.88. The molecule has 0 spiro atoms. The van der Waals surface area contributed by atoms with E-state index in [2.05, 4.69) is 10.3 Å². The van der Waals surface area contributed by atoms with Crippen LogP contribution in [-0.4, -0.2) is 35.8 Å². The smallest absolute Gasteiger partial charge is 0.325 e. The van der Waals surface area contributed by atoms with Gasteiger partial charge in [-0.3, -0.25) is 14.6 Å². The van der Waals surface area contributed by atoms with Gasteiger partial charge in [-0.1, -0.05) is 35.3 Å². The summed E-state index contributed by atoms with van der Waals surface area (Å²) in [5.74, 6) is -0.425. The SMILES string of the molecule is COc1cc(/C=C2\SC(=NCC(=O)O)NC2=O)ccc1OCc1ccc(Cl)cc1Cl. The number of aliphatic carboxylic acids is 1. The molecule has 30 heavy (non-hydrogen) atoms. The second-order valence-corrected chi connectivity index (χ2v) is 7.89. The number of amidine groups is 1. The van der Waals surface area contributed by atoms with E-state index in [0.29, 0.717) is 32.0 Å². The van der Waals surface area contributed by atoms with Crippen LogP contribution in [0.1, 0.15) is 11.1 Å². The molecular formula is C20H16Cl2N2O5S. The molecule has 0 aliphatic carbocycles. The molecule has 0 saturated carbocycles. The Morgan fingerprint density at radius 3 is 2.73 bits per heavy atom. The fraction of sp³-hybridized carbons (Fsp3) is 0.150. The van der Waals surface area contributed by atoms with E-state index in [1.165, 1.54) is 7.11 Å². The van der Waals surface area contributed by atoms with Crippen molar-refractivity contribution >= 4 is 58.1 Å².